The van der Waals surface area contributed by atoms with Crippen molar-refractivity contribution in [2.24, 2.45) is 0 Å². The van der Waals surface area contributed by atoms with E-state index in [1.54, 1.807) is 12.1 Å². The lowest BCUT2D eigenvalue weighted by Gasteiger charge is -2.08. The number of carbonyl (C=O) groups is 1. The molecule has 0 aliphatic heterocycles. The van der Waals surface area contributed by atoms with Crippen molar-refractivity contribution >= 4 is 56.8 Å². The number of nitrogens with zero attached hydrogens (tertiary/aromatic N) is 1. The first kappa shape index (κ1) is 19.1. The Morgan fingerprint density at radius 1 is 1.32 bits per heavy atom. The molecule has 8 heteroatoms. The lowest BCUT2D eigenvalue weighted by Crippen LogP contribution is -2.13. The smallest absolute Gasteiger partial charge is 0.266 e. The third-order valence-electron chi connectivity index (χ3n) is 3.12. The van der Waals surface area contributed by atoms with Gasteiger partial charge in [0.25, 0.3) is 5.91 Å². The van der Waals surface area contributed by atoms with Crippen LogP contribution in [0.3, 0.4) is 0 Å². The van der Waals surface area contributed by atoms with Gasteiger partial charge in [0.05, 0.1) is 21.6 Å². The highest BCUT2D eigenvalue weighted by atomic mass is 79.9. The Labute approximate surface area is 162 Å². The van der Waals surface area contributed by atoms with Crippen molar-refractivity contribution in [3.8, 4) is 17.6 Å². The van der Waals surface area contributed by atoms with E-state index in [4.69, 9.17) is 27.9 Å². The number of benzene rings is 2. The molecule has 2 aromatic rings. The molecule has 0 unspecified atom stereocenters. The van der Waals surface area contributed by atoms with Crippen LogP contribution >= 0.6 is 39.1 Å². The standard InChI is InChI=1S/C17H11BrCl2N2O3/c1-25-15-6-9(5-12(18)16(15)23)4-10(8-21)17(24)22-11-2-3-13(19)14(20)7-11/h2-7,23H,1H3,(H,22,24)/b10-4-. The van der Waals surface area contributed by atoms with Crippen molar-refractivity contribution in [2.75, 3.05) is 12.4 Å². The first-order valence-corrected chi connectivity index (χ1v) is 8.35. The summed E-state index contributed by atoms with van der Waals surface area (Å²) in [7, 11) is 1.40. The zero-order valence-corrected chi connectivity index (χ0v) is 15.9. The fourth-order valence-corrected chi connectivity index (χ4v) is 2.68. The predicted octanol–water partition coefficient (Wildman–Crippen LogP) is 5.02. The van der Waals surface area contributed by atoms with E-state index in [1.807, 2.05) is 6.07 Å². The van der Waals surface area contributed by atoms with Gasteiger partial charge in [-0.1, -0.05) is 23.2 Å². The molecule has 1 amide bonds. The maximum Gasteiger partial charge on any atom is 0.266 e. The van der Waals surface area contributed by atoms with Crippen molar-refractivity contribution < 1.29 is 14.6 Å². The second-order valence-electron chi connectivity index (χ2n) is 4.81. The molecule has 0 saturated heterocycles. The summed E-state index contributed by atoms with van der Waals surface area (Å²) in [4.78, 5) is 12.3. The number of methoxy groups -OCH3 is 1. The molecule has 0 bridgehead atoms. The van der Waals surface area contributed by atoms with Crippen LogP contribution in [-0.2, 0) is 4.79 Å². The number of anilines is 1. The summed E-state index contributed by atoms with van der Waals surface area (Å²) in [6.07, 6.45) is 1.37. The number of halogens is 3. The van der Waals surface area contributed by atoms with Gasteiger partial charge in [0.15, 0.2) is 11.5 Å². The first-order valence-electron chi connectivity index (χ1n) is 6.80. The van der Waals surface area contributed by atoms with Gasteiger partial charge in [-0.2, -0.15) is 5.26 Å². The number of amides is 1. The van der Waals surface area contributed by atoms with Crippen LogP contribution < -0.4 is 10.1 Å². The number of nitriles is 1. The van der Waals surface area contributed by atoms with E-state index in [0.29, 0.717) is 20.7 Å². The number of rotatable bonds is 4. The summed E-state index contributed by atoms with van der Waals surface area (Å²) >= 11 is 14.9. The molecule has 0 atom stereocenters. The van der Waals surface area contributed by atoms with Crippen molar-refractivity contribution in [1.29, 1.82) is 5.26 Å². The van der Waals surface area contributed by atoms with Crippen LogP contribution in [0.15, 0.2) is 40.4 Å². The Morgan fingerprint density at radius 2 is 2.04 bits per heavy atom. The van der Waals surface area contributed by atoms with Crippen LogP contribution in [0.1, 0.15) is 5.56 Å². The highest BCUT2D eigenvalue weighted by molar-refractivity contribution is 9.10. The van der Waals surface area contributed by atoms with Gasteiger partial charge in [-0.15, -0.1) is 0 Å². The topological polar surface area (TPSA) is 82.3 Å². The van der Waals surface area contributed by atoms with Crippen molar-refractivity contribution in [3.05, 3.63) is 56.0 Å². The number of phenolic OH excluding ortho intramolecular Hbond substituents is 1. The van der Waals surface area contributed by atoms with Gasteiger partial charge in [-0.25, -0.2) is 0 Å². The number of phenols is 1. The van der Waals surface area contributed by atoms with Gasteiger partial charge < -0.3 is 15.2 Å². The monoisotopic (exact) mass is 440 g/mol. The molecule has 0 heterocycles. The molecule has 0 aliphatic rings. The quantitative estimate of drug-likeness (QED) is 0.515. The van der Waals surface area contributed by atoms with Gasteiger partial charge in [0.2, 0.25) is 0 Å². The second-order valence-corrected chi connectivity index (χ2v) is 6.48. The molecule has 0 radical (unpaired) electrons. The number of hydrogen-bond donors (Lipinski definition) is 2. The van der Waals surface area contributed by atoms with Gasteiger partial charge in [-0.3, -0.25) is 4.79 Å². The number of carbonyl (C=O) groups excluding carboxylic acids is 1. The van der Waals surface area contributed by atoms with Gasteiger partial charge in [0, 0.05) is 5.69 Å². The SMILES string of the molecule is COc1cc(/C=C(/C#N)C(=O)Nc2ccc(Cl)c(Cl)c2)cc(Br)c1O. The lowest BCUT2D eigenvalue weighted by atomic mass is 10.1. The molecule has 2 aromatic carbocycles. The number of hydrogen-bond acceptors (Lipinski definition) is 4. The number of aromatic hydroxyl groups is 1. The van der Waals surface area contributed by atoms with E-state index in [2.05, 4.69) is 21.2 Å². The Morgan fingerprint density at radius 3 is 2.64 bits per heavy atom. The van der Waals surface area contributed by atoms with Crippen LogP contribution in [0.5, 0.6) is 11.5 Å². The van der Waals surface area contributed by atoms with Crippen molar-refractivity contribution in [2.45, 2.75) is 0 Å². The third-order valence-corrected chi connectivity index (χ3v) is 4.47. The fraction of sp³-hybridized carbons (Fsp3) is 0.0588. The molecule has 128 valence electrons. The summed E-state index contributed by atoms with van der Waals surface area (Å²) in [5.41, 5.74) is 0.776. The van der Waals surface area contributed by atoms with Gasteiger partial charge in [0.1, 0.15) is 11.6 Å². The van der Waals surface area contributed by atoms with E-state index in [1.165, 1.54) is 31.4 Å². The molecule has 25 heavy (non-hydrogen) atoms. The normalized spacial score (nSPS) is 10.9. The minimum Gasteiger partial charge on any atom is -0.503 e. The summed E-state index contributed by atoms with van der Waals surface area (Å²) in [6, 6.07) is 9.49. The van der Waals surface area contributed by atoms with Crippen LogP contribution in [0, 0.1) is 11.3 Å². The molecule has 0 aliphatic carbocycles. The molecule has 5 nitrogen and oxygen atoms in total. The molecule has 2 N–H and O–H groups in total. The maximum atomic E-state index is 12.3. The minimum absolute atomic E-state index is 0.0709. The molecule has 2 rings (SSSR count). The van der Waals surface area contributed by atoms with E-state index >= 15 is 0 Å². The summed E-state index contributed by atoms with van der Waals surface area (Å²) in [5, 5.41) is 22.3. The molecular weight excluding hydrogens is 431 g/mol. The summed E-state index contributed by atoms with van der Waals surface area (Å²) in [5.74, 6) is -0.467. The van der Waals surface area contributed by atoms with E-state index in [9.17, 15) is 15.2 Å². The van der Waals surface area contributed by atoms with Crippen LogP contribution in [-0.4, -0.2) is 18.1 Å². The third kappa shape index (κ3) is 4.67. The Kier molecular flexibility index (Phi) is 6.32. The van der Waals surface area contributed by atoms with Gasteiger partial charge >= 0.3 is 0 Å². The lowest BCUT2D eigenvalue weighted by molar-refractivity contribution is -0.112. The summed E-state index contributed by atoms with van der Waals surface area (Å²) < 4.78 is 5.42. The highest BCUT2D eigenvalue weighted by Gasteiger charge is 2.13. The zero-order valence-electron chi connectivity index (χ0n) is 12.8. The van der Waals surface area contributed by atoms with E-state index in [0.717, 1.165) is 0 Å². The van der Waals surface area contributed by atoms with Crippen molar-refractivity contribution in [1.82, 2.24) is 0 Å². The number of ether oxygens (including phenoxy) is 1. The highest BCUT2D eigenvalue weighted by Crippen LogP contribution is 2.35. The molecule has 0 fully saturated rings. The number of nitrogens with one attached hydrogen (secondary N) is 1. The Hall–Kier alpha value is -2.20. The fourth-order valence-electron chi connectivity index (χ4n) is 1.92. The van der Waals surface area contributed by atoms with Crippen LogP contribution in [0.25, 0.3) is 6.08 Å². The average molecular weight is 442 g/mol. The molecule has 0 aromatic heterocycles. The first-order chi connectivity index (χ1) is 11.8. The molecule has 0 saturated carbocycles. The maximum absolute atomic E-state index is 12.3. The minimum atomic E-state index is -0.607. The molecule has 0 spiro atoms. The molecular formula is C17H11BrCl2N2O3. The van der Waals surface area contributed by atoms with E-state index < -0.39 is 5.91 Å². The second kappa shape index (κ2) is 8.26. The van der Waals surface area contributed by atoms with Crippen LogP contribution in [0.2, 0.25) is 10.0 Å². The van der Waals surface area contributed by atoms with Crippen molar-refractivity contribution in [3.63, 3.8) is 0 Å². The zero-order chi connectivity index (χ0) is 18.6. The van der Waals surface area contributed by atoms with E-state index in [-0.39, 0.29) is 22.1 Å². The Balaban J connectivity index is 2.31. The van der Waals surface area contributed by atoms with Gasteiger partial charge in [-0.05, 0) is 57.9 Å². The largest absolute Gasteiger partial charge is 0.503 e. The average Bonchev–Trinajstić information content (AvgIpc) is 2.58. The Bertz CT molecular complexity index is 907. The van der Waals surface area contributed by atoms with Crippen LogP contribution in [0.4, 0.5) is 5.69 Å². The predicted molar refractivity (Wildman–Crippen MR) is 101 cm³/mol. The summed E-state index contributed by atoms with van der Waals surface area (Å²) in [6.45, 7) is 0.